The molecule has 0 aliphatic rings. The van der Waals surface area contributed by atoms with Gasteiger partial charge in [0.15, 0.2) is 0 Å². The molecule has 0 heterocycles. The number of halogens is 2. The molecule has 1 N–H and O–H groups in total. The van der Waals surface area contributed by atoms with Gasteiger partial charge < -0.3 is 5.32 Å². The zero-order chi connectivity index (χ0) is 13.5. The summed E-state index contributed by atoms with van der Waals surface area (Å²) in [7, 11) is 0. The highest BCUT2D eigenvalue weighted by atomic mass is 35.5. The maximum Gasteiger partial charge on any atom is 0.123 e. The van der Waals surface area contributed by atoms with E-state index in [0.29, 0.717) is 11.6 Å². The van der Waals surface area contributed by atoms with E-state index >= 15 is 0 Å². The van der Waals surface area contributed by atoms with E-state index in [4.69, 9.17) is 11.6 Å². The summed E-state index contributed by atoms with van der Waals surface area (Å²) in [4.78, 5) is 1.26. The topological polar surface area (TPSA) is 12.0 Å². The van der Waals surface area contributed by atoms with Crippen LogP contribution in [-0.2, 0) is 6.54 Å². The van der Waals surface area contributed by atoms with Crippen LogP contribution in [0.25, 0.3) is 0 Å². The summed E-state index contributed by atoms with van der Waals surface area (Å²) < 4.78 is 13.1. The molecule has 19 heavy (non-hydrogen) atoms. The second kappa shape index (κ2) is 7.53. The zero-order valence-electron chi connectivity index (χ0n) is 10.4. The third-order valence-corrected chi connectivity index (χ3v) is 4.00. The van der Waals surface area contributed by atoms with Crippen LogP contribution in [0, 0.1) is 5.82 Å². The van der Waals surface area contributed by atoms with Crippen molar-refractivity contribution in [2.45, 2.75) is 11.4 Å². The van der Waals surface area contributed by atoms with E-state index < -0.39 is 0 Å². The number of nitrogens with one attached hydrogen (secondary N) is 1. The van der Waals surface area contributed by atoms with Crippen molar-refractivity contribution in [2.75, 3.05) is 12.3 Å². The Labute approximate surface area is 122 Å². The Morgan fingerprint density at radius 3 is 2.68 bits per heavy atom. The number of rotatable bonds is 6. The van der Waals surface area contributed by atoms with E-state index in [2.05, 4.69) is 17.4 Å². The van der Waals surface area contributed by atoms with E-state index in [1.54, 1.807) is 17.8 Å². The minimum absolute atomic E-state index is 0.250. The molecule has 0 unspecified atom stereocenters. The minimum Gasteiger partial charge on any atom is -0.312 e. The van der Waals surface area contributed by atoms with Gasteiger partial charge in [-0.25, -0.2) is 4.39 Å². The average molecular weight is 296 g/mol. The summed E-state index contributed by atoms with van der Waals surface area (Å²) >= 11 is 7.79. The molecule has 0 atom stereocenters. The van der Waals surface area contributed by atoms with Crippen molar-refractivity contribution in [3.8, 4) is 0 Å². The van der Waals surface area contributed by atoms with Crippen LogP contribution in [0.2, 0.25) is 5.02 Å². The highest BCUT2D eigenvalue weighted by Gasteiger charge is 2.01. The van der Waals surface area contributed by atoms with Crippen LogP contribution < -0.4 is 5.32 Å². The second-order valence-corrected chi connectivity index (χ2v) is 5.65. The van der Waals surface area contributed by atoms with E-state index in [-0.39, 0.29) is 5.82 Å². The average Bonchev–Trinajstić information content (AvgIpc) is 2.43. The standard InChI is InChI=1S/C15H15ClFNS/c16-15-7-6-13(17)10-12(15)11-18-8-9-19-14-4-2-1-3-5-14/h1-7,10,18H,8-9,11H2. The first-order chi connectivity index (χ1) is 9.25. The molecule has 0 aliphatic carbocycles. The third-order valence-electron chi connectivity index (χ3n) is 2.61. The first-order valence-electron chi connectivity index (χ1n) is 6.08. The number of hydrogen-bond donors (Lipinski definition) is 1. The largest absolute Gasteiger partial charge is 0.312 e. The first-order valence-corrected chi connectivity index (χ1v) is 7.44. The molecule has 100 valence electrons. The van der Waals surface area contributed by atoms with E-state index in [0.717, 1.165) is 17.9 Å². The fourth-order valence-corrected chi connectivity index (χ4v) is 2.68. The fourth-order valence-electron chi connectivity index (χ4n) is 1.66. The molecule has 0 amide bonds. The van der Waals surface area contributed by atoms with Gasteiger partial charge in [0.1, 0.15) is 5.82 Å². The molecule has 0 saturated carbocycles. The predicted molar refractivity (Wildman–Crippen MR) is 80.3 cm³/mol. The van der Waals surface area contributed by atoms with Crippen LogP contribution in [0.3, 0.4) is 0 Å². The molecule has 2 rings (SSSR count). The Balaban J connectivity index is 1.71. The van der Waals surface area contributed by atoms with Crippen molar-refractivity contribution < 1.29 is 4.39 Å². The molecule has 2 aromatic carbocycles. The molecule has 0 aliphatic heterocycles. The summed E-state index contributed by atoms with van der Waals surface area (Å²) in [5, 5.41) is 3.87. The number of hydrogen-bond acceptors (Lipinski definition) is 2. The Bertz CT molecular complexity index is 519. The molecular weight excluding hydrogens is 281 g/mol. The van der Waals surface area contributed by atoms with Crippen LogP contribution in [0.1, 0.15) is 5.56 Å². The highest BCUT2D eigenvalue weighted by Crippen LogP contribution is 2.18. The Morgan fingerprint density at radius 2 is 1.89 bits per heavy atom. The van der Waals surface area contributed by atoms with Crippen LogP contribution in [-0.4, -0.2) is 12.3 Å². The summed E-state index contributed by atoms with van der Waals surface area (Å²) in [6, 6.07) is 14.7. The van der Waals surface area contributed by atoms with Crippen molar-refractivity contribution in [1.29, 1.82) is 0 Å². The second-order valence-electron chi connectivity index (χ2n) is 4.07. The lowest BCUT2D eigenvalue weighted by atomic mass is 10.2. The predicted octanol–water partition coefficient (Wildman–Crippen LogP) is 4.36. The smallest absolute Gasteiger partial charge is 0.123 e. The molecule has 0 bridgehead atoms. The Morgan fingerprint density at radius 1 is 1.11 bits per heavy atom. The lowest BCUT2D eigenvalue weighted by molar-refractivity contribution is 0.622. The minimum atomic E-state index is -0.250. The van der Waals surface area contributed by atoms with Crippen molar-refractivity contribution in [1.82, 2.24) is 5.32 Å². The van der Waals surface area contributed by atoms with Crippen molar-refractivity contribution in [2.24, 2.45) is 0 Å². The third kappa shape index (κ3) is 4.86. The summed E-state index contributed by atoms with van der Waals surface area (Å²) in [5.74, 6) is 0.719. The van der Waals surface area contributed by atoms with Gasteiger partial charge in [0.2, 0.25) is 0 Å². The maximum atomic E-state index is 13.1. The van der Waals surface area contributed by atoms with Gasteiger partial charge in [0, 0.05) is 28.8 Å². The lowest BCUT2D eigenvalue weighted by Crippen LogP contribution is -2.16. The fraction of sp³-hybridized carbons (Fsp3) is 0.200. The number of thioether (sulfide) groups is 1. The zero-order valence-corrected chi connectivity index (χ0v) is 12.0. The van der Waals surface area contributed by atoms with Gasteiger partial charge >= 0.3 is 0 Å². The van der Waals surface area contributed by atoms with Crippen molar-refractivity contribution in [3.05, 3.63) is 64.9 Å². The van der Waals surface area contributed by atoms with Crippen LogP contribution in [0.5, 0.6) is 0 Å². The molecule has 0 aromatic heterocycles. The molecule has 2 aromatic rings. The van der Waals surface area contributed by atoms with Gasteiger partial charge in [-0.15, -0.1) is 11.8 Å². The van der Waals surface area contributed by atoms with Crippen LogP contribution in [0.4, 0.5) is 4.39 Å². The molecule has 4 heteroatoms. The molecule has 0 spiro atoms. The highest BCUT2D eigenvalue weighted by molar-refractivity contribution is 7.99. The van der Waals surface area contributed by atoms with Gasteiger partial charge in [-0.1, -0.05) is 29.8 Å². The van der Waals surface area contributed by atoms with E-state index in [1.165, 1.54) is 17.0 Å². The first kappa shape index (κ1) is 14.4. The molecular formula is C15H15ClFNS. The maximum absolute atomic E-state index is 13.1. The molecule has 0 saturated heterocycles. The SMILES string of the molecule is Fc1ccc(Cl)c(CNCCSc2ccccc2)c1. The Kier molecular flexibility index (Phi) is 5.70. The summed E-state index contributed by atoms with van der Waals surface area (Å²) in [5.41, 5.74) is 0.798. The van der Waals surface area contributed by atoms with Crippen LogP contribution >= 0.6 is 23.4 Å². The van der Waals surface area contributed by atoms with Crippen LogP contribution in [0.15, 0.2) is 53.4 Å². The van der Waals surface area contributed by atoms with E-state index in [9.17, 15) is 4.39 Å². The van der Waals surface area contributed by atoms with Crippen molar-refractivity contribution in [3.63, 3.8) is 0 Å². The molecule has 0 fully saturated rings. The lowest BCUT2D eigenvalue weighted by Gasteiger charge is -2.07. The Hall–Kier alpha value is -1.03. The summed E-state index contributed by atoms with van der Waals surface area (Å²) in [6.07, 6.45) is 0. The van der Waals surface area contributed by atoms with Gasteiger partial charge in [-0.2, -0.15) is 0 Å². The quantitative estimate of drug-likeness (QED) is 0.628. The summed E-state index contributed by atoms with van der Waals surface area (Å²) in [6.45, 7) is 1.44. The normalized spacial score (nSPS) is 10.6. The van der Waals surface area contributed by atoms with Crippen molar-refractivity contribution >= 4 is 23.4 Å². The number of benzene rings is 2. The van der Waals surface area contributed by atoms with Gasteiger partial charge in [-0.05, 0) is 35.9 Å². The van der Waals surface area contributed by atoms with Gasteiger partial charge in [0.05, 0.1) is 0 Å². The van der Waals surface area contributed by atoms with Gasteiger partial charge in [0.25, 0.3) is 0 Å². The molecule has 0 radical (unpaired) electrons. The molecule has 1 nitrogen and oxygen atoms in total. The monoisotopic (exact) mass is 295 g/mol. The van der Waals surface area contributed by atoms with E-state index in [1.807, 2.05) is 18.2 Å². The van der Waals surface area contributed by atoms with Gasteiger partial charge in [-0.3, -0.25) is 0 Å².